The number of pyridine rings is 1. The Hall–Kier alpha value is -3.02. The van der Waals surface area contributed by atoms with E-state index in [1.165, 1.54) is 17.2 Å². The minimum Gasteiger partial charge on any atom is -0.384 e. The first-order valence-electron chi connectivity index (χ1n) is 8.24. The highest BCUT2D eigenvalue weighted by molar-refractivity contribution is 5.94. The number of nitrogens with zero attached hydrogens (tertiary/aromatic N) is 2. The second kappa shape index (κ2) is 7.47. The molecule has 0 aliphatic heterocycles. The Balaban J connectivity index is 1.74. The van der Waals surface area contributed by atoms with Gasteiger partial charge in [-0.15, -0.1) is 0 Å². The molecule has 0 atom stereocenters. The van der Waals surface area contributed by atoms with Gasteiger partial charge in [0.05, 0.1) is 0 Å². The Labute approximate surface area is 150 Å². The molecule has 26 heavy (non-hydrogen) atoms. The van der Waals surface area contributed by atoms with Crippen LogP contribution in [0.3, 0.4) is 0 Å². The zero-order valence-electron chi connectivity index (χ0n) is 14.6. The van der Waals surface area contributed by atoms with E-state index >= 15 is 0 Å². The van der Waals surface area contributed by atoms with Crippen LogP contribution in [0, 0.1) is 11.6 Å². The average Bonchev–Trinajstić information content (AvgIpc) is 2.61. The van der Waals surface area contributed by atoms with Crippen LogP contribution in [0.1, 0.15) is 15.9 Å². The van der Waals surface area contributed by atoms with Crippen LogP contribution in [0.5, 0.6) is 0 Å². The predicted molar refractivity (Wildman–Crippen MR) is 98.3 cm³/mol. The SMILES string of the molecule is CN(C)C(=O)c1cccc(CCNc2ccnc3c(F)cc(F)cc23)c1. The Morgan fingerprint density at radius 3 is 2.73 bits per heavy atom. The summed E-state index contributed by atoms with van der Waals surface area (Å²) in [6.07, 6.45) is 2.15. The standard InChI is InChI=1S/C20H19F2N3O/c1-25(2)20(26)14-5-3-4-13(10-14)6-8-23-18-7-9-24-19-16(18)11-15(21)12-17(19)22/h3-5,7,9-12H,6,8H2,1-2H3,(H,23,24). The van der Waals surface area contributed by atoms with E-state index in [-0.39, 0.29) is 11.4 Å². The topological polar surface area (TPSA) is 45.2 Å². The third-order valence-electron chi connectivity index (χ3n) is 4.07. The number of carbonyl (C=O) groups is 1. The Morgan fingerprint density at radius 1 is 1.15 bits per heavy atom. The molecule has 1 heterocycles. The number of aromatic nitrogens is 1. The zero-order valence-corrected chi connectivity index (χ0v) is 14.6. The van der Waals surface area contributed by atoms with Gasteiger partial charge >= 0.3 is 0 Å². The summed E-state index contributed by atoms with van der Waals surface area (Å²) < 4.78 is 27.4. The normalized spacial score (nSPS) is 10.8. The van der Waals surface area contributed by atoms with Crippen LogP contribution >= 0.6 is 0 Å². The summed E-state index contributed by atoms with van der Waals surface area (Å²) in [7, 11) is 3.42. The van der Waals surface area contributed by atoms with Crippen molar-refractivity contribution in [3.63, 3.8) is 0 Å². The molecule has 0 fully saturated rings. The van der Waals surface area contributed by atoms with Gasteiger partial charge in [-0.1, -0.05) is 12.1 Å². The molecule has 1 N–H and O–H groups in total. The molecule has 6 heteroatoms. The molecule has 3 aromatic rings. The Bertz CT molecular complexity index is 957. The molecule has 0 bridgehead atoms. The van der Waals surface area contributed by atoms with Gasteiger partial charge in [0.25, 0.3) is 5.91 Å². The Kier molecular flexibility index (Phi) is 5.11. The van der Waals surface area contributed by atoms with E-state index in [0.29, 0.717) is 29.6 Å². The van der Waals surface area contributed by atoms with Crippen molar-refractivity contribution in [3.05, 3.63) is 71.4 Å². The van der Waals surface area contributed by atoms with Crippen molar-refractivity contribution in [2.75, 3.05) is 26.0 Å². The largest absolute Gasteiger partial charge is 0.384 e. The van der Waals surface area contributed by atoms with Gasteiger partial charge in [0, 0.05) is 49.5 Å². The van der Waals surface area contributed by atoms with Gasteiger partial charge in [0.2, 0.25) is 0 Å². The van der Waals surface area contributed by atoms with Crippen molar-refractivity contribution in [3.8, 4) is 0 Å². The lowest BCUT2D eigenvalue weighted by Gasteiger charge is -2.12. The first-order chi connectivity index (χ1) is 12.5. The van der Waals surface area contributed by atoms with Crippen LogP contribution in [-0.2, 0) is 6.42 Å². The lowest BCUT2D eigenvalue weighted by atomic mass is 10.1. The number of amides is 1. The molecular weight excluding hydrogens is 336 g/mol. The molecule has 0 aliphatic carbocycles. The van der Waals surface area contributed by atoms with Crippen molar-refractivity contribution in [1.82, 2.24) is 9.88 Å². The summed E-state index contributed by atoms with van der Waals surface area (Å²) in [6, 6.07) is 11.2. The van der Waals surface area contributed by atoms with Crippen LogP contribution < -0.4 is 5.32 Å². The van der Waals surface area contributed by atoms with Crippen molar-refractivity contribution in [2.45, 2.75) is 6.42 Å². The summed E-state index contributed by atoms with van der Waals surface area (Å²) in [4.78, 5) is 17.5. The number of hydrogen-bond acceptors (Lipinski definition) is 3. The van der Waals surface area contributed by atoms with Gasteiger partial charge in [-0.25, -0.2) is 8.78 Å². The average molecular weight is 355 g/mol. The van der Waals surface area contributed by atoms with Crippen molar-refractivity contribution < 1.29 is 13.6 Å². The van der Waals surface area contributed by atoms with Crippen molar-refractivity contribution in [2.24, 2.45) is 0 Å². The highest BCUT2D eigenvalue weighted by Crippen LogP contribution is 2.24. The Morgan fingerprint density at radius 2 is 1.96 bits per heavy atom. The molecule has 0 saturated heterocycles. The number of benzene rings is 2. The van der Waals surface area contributed by atoms with E-state index in [1.54, 1.807) is 26.2 Å². The van der Waals surface area contributed by atoms with E-state index in [4.69, 9.17) is 0 Å². The van der Waals surface area contributed by atoms with E-state index in [9.17, 15) is 13.6 Å². The summed E-state index contributed by atoms with van der Waals surface area (Å²) in [5, 5.41) is 3.60. The second-order valence-electron chi connectivity index (χ2n) is 6.22. The maximum atomic E-state index is 13.8. The van der Waals surface area contributed by atoms with Gasteiger partial charge in [-0.3, -0.25) is 9.78 Å². The molecular formula is C20H19F2N3O. The smallest absolute Gasteiger partial charge is 0.253 e. The molecule has 1 aromatic heterocycles. The fourth-order valence-electron chi connectivity index (χ4n) is 2.79. The number of carbonyl (C=O) groups excluding carboxylic acids is 1. The molecule has 4 nitrogen and oxygen atoms in total. The lowest BCUT2D eigenvalue weighted by molar-refractivity contribution is 0.0827. The fourth-order valence-corrected chi connectivity index (χ4v) is 2.79. The first-order valence-corrected chi connectivity index (χ1v) is 8.24. The van der Waals surface area contributed by atoms with Crippen LogP contribution in [0.2, 0.25) is 0 Å². The summed E-state index contributed by atoms with van der Waals surface area (Å²) >= 11 is 0. The van der Waals surface area contributed by atoms with Crippen LogP contribution in [-0.4, -0.2) is 36.4 Å². The minimum absolute atomic E-state index is 0.0501. The van der Waals surface area contributed by atoms with Gasteiger partial charge < -0.3 is 10.2 Å². The third kappa shape index (κ3) is 3.79. The van der Waals surface area contributed by atoms with E-state index in [2.05, 4.69) is 10.3 Å². The van der Waals surface area contributed by atoms with Gasteiger partial charge in [0.1, 0.15) is 11.3 Å². The monoisotopic (exact) mass is 355 g/mol. The number of rotatable bonds is 5. The summed E-state index contributed by atoms with van der Waals surface area (Å²) in [6.45, 7) is 0.552. The number of halogens is 2. The minimum atomic E-state index is -0.682. The molecule has 134 valence electrons. The maximum absolute atomic E-state index is 13.8. The van der Waals surface area contributed by atoms with Crippen molar-refractivity contribution >= 4 is 22.5 Å². The summed E-state index contributed by atoms with van der Waals surface area (Å²) in [5.41, 5.74) is 2.39. The molecule has 0 unspecified atom stereocenters. The highest BCUT2D eigenvalue weighted by atomic mass is 19.1. The number of hydrogen-bond donors (Lipinski definition) is 1. The quantitative estimate of drug-likeness (QED) is 0.756. The fraction of sp³-hybridized carbons (Fsp3) is 0.200. The van der Waals surface area contributed by atoms with E-state index in [1.807, 2.05) is 18.2 Å². The molecule has 2 aromatic carbocycles. The molecule has 0 radical (unpaired) electrons. The molecule has 3 rings (SSSR count). The van der Waals surface area contributed by atoms with Gasteiger partial charge in [-0.2, -0.15) is 0 Å². The van der Waals surface area contributed by atoms with Gasteiger partial charge in [-0.05, 0) is 36.2 Å². The maximum Gasteiger partial charge on any atom is 0.253 e. The first kappa shape index (κ1) is 17.8. The highest BCUT2D eigenvalue weighted by Gasteiger charge is 2.10. The van der Waals surface area contributed by atoms with Crippen molar-refractivity contribution in [1.29, 1.82) is 0 Å². The molecule has 0 aliphatic rings. The summed E-state index contributed by atoms with van der Waals surface area (Å²) in [5.74, 6) is -1.37. The van der Waals surface area contributed by atoms with Crippen LogP contribution in [0.4, 0.5) is 14.5 Å². The molecule has 0 saturated carbocycles. The lowest BCUT2D eigenvalue weighted by Crippen LogP contribution is -2.21. The van der Waals surface area contributed by atoms with Crippen LogP contribution in [0.15, 0.2) is 48.7 Å². The van der Waals surface area contributed by atoms with E-state index in [0.717, 1.165) is 11.6 Å². The molecule has 1 amide bonds. The second-order valence-corrected chi connectivity index (χ2v) is 6.22. The number of anilines is 1. The van der Waals surface area contributed by atoms with Crippen LogP contribution in [0.25, 0.3) is 10.9 Å². The number of fused-ring (bicyclic) bond motifs is 1. The van der Waals surface area contributed by atoms with E-state index < -0.39 is 11.6 Å². The van der Waals surface area contributed by atoms with Gasteiger partial charge in [0.15, 0.2) is 5.82 Å². The molecule has 0 spiro atoms. The number of nitrogens with one attached hydrogen (secondary N) is 1. The zero-order chi connectivity index (χ0) is 18.7. The third-order valence-corrected chi connectivity index (χ3v) is 4.07. The predicted octanol–water partition coefficient (Wildman–Crippen LogP) is 3.87.